The van der Waals surface area contributed by atoms with Gasteiger partial charge in [-0.1, -0.05) is 11.6 Å². The number of halogens is 2. The summed E-state index contributed by atoms with van der Waals surface area (Å²) in [6.07, 6.45) is 0. The van der Waals surface area contributed by atoms with Gasteiger partial charge in [-0.25, -0.2) is 12.8 Å². The van der Waals surface area contributed by atoms with E-state index in [9.17, 15) is 17.6 Å². The van der Waals surface area contributed by atoms with Crippen LogP contribution in [0.25, 0.3) is 0 Å². The Labute approximate surface area is 143 Å². The molecule has 0 atom stereocenters. The van der Waals surface area contributed by atoms with Gasteiger partial charge < -0.3 is 10.1 Å². The number of hydrogen-bond donors (Lipinski definition) is 2. The largest absolute Gasteiger partial charge is 0.495 e. The van der Waals surface area contributed by atoms with Gasteiger partial charge in [-0.15, -0.1) is 0 Å². The molecule has 0 spiro atoms. The summed E-state index contributed by atoms with van der Waals surface area (Å²) >= 11 is 5.64. The minimum atomic E-state index is -4.07. The molecule has 0 aliphatic carbocycles. The van der Waals surface area contributed by atoms with Crippen molar-refractivity contribution in [2.45, 2.75) is 11.8 Å². The summed E-state index contributed by atoms with van der Waals surface area (Å²) in [6, 6.07) is 7.46. The molecule has 128 valence electrons. The predicted octanol–water partition coefficient (Wildman–Crippen LogP) is 3.25. The van der Waals surface area contributed by atoms with Crippen LogP contribution in [0.3, 0.4) is 0 Å². The molecule has 1 amide bonds. The first-order chi connectivity index (χ1) is 11.2. The second-order valence-corrected chi connectivity index (χ2v) is 6.89. The zero-order chi connectivity index (χ0) is 17.9. The molecule has 0 heterocycles. The van der Waals surface area contributed by atoms with Crippen LogP contribution in [-0.4, -0.2) is 21.4 Å². The second kappa shape index (κ2) is 7.06. The Balaban J connectivity index is 2.40. The number of carbonyl (C=O) groups excluding carboxylic acids is 1. The smallest absolute Gasteiger partial charge is 0.262 e. The number of amides is 1. The summed E-state index contributed by atoms with van der Waals surface area (Å²) in [4.78, 5) is 11.1. The predicted molar refractivity (Wildman–Crippen MR) is 89.5 cm³/mol. The summed E-state index contributed by atoms with van der Waals surface area (Å²) in [5, 5.41) is 2.62. The molecule has 2 N–H and O–H groups in total. The number of rotatable bonds is 5. The molecule has 0 saturated carbocycles. The molecule has 24 heavy (non-hydrogen) atoms. The van der Waals surface area contributed by atoms with E-state index in [2.05, 4.69) is 10.0 Å². The highest BCUT2D eigenvalue weighted by Gasteiger charge is 2.19. The average Bonchev–Trinajstić information content (AvgIpc) is 2.49. The first-order valence-corrected chi connectivity index (χ1v) is 8.52. The van der Waals surface area contributed by atoms with Crippen molar-refractivity contribution in [3.05, 3.63) is 47.2 Å². The van der Waals surface area contributed by atoms with E-state index >= 15 is 0 Å². The number of hydrogen-bond acceptors (Lipinski definition) is 4. The van der Waals surface area contributed by atoms with Gasteiger partial charge in [0.05, 0.1) is 23.4 Å². The van der Waals surface area contributed by atoms with Gasteiger partial charge >= 0.3 is 0 Å². The van der Waals surface area contributed by atoms with Crippen molar-refractivity contribution < 1.29 is 22.3 Å². The van der Waals surface area contributed by atoms with Crippen LogP contribution < -0.4 is 14.8 Å². The summed E-state index contributed by atoms with van der Waals surface area (Å²) in [6.45, 7) is 1.28. The number of ether oxygens (including phenoxy) is 1. The van der Waals surface area contributed by atoms with Crippen molar-refractivity contribution in [3.63, 3.8) is 0 Å². The fraction of sp³-hybridized carbons (Fsp3) is 0.133. The number of sulfonamides is 1. The van der Waals surface area contributed by atoms with Crippen LogP contribution >= 0.6 is 11.6 Å². The van der Waals surface area contributed by atoms with Crippen LogP contribution in [0.2, 0.25) is 5.02 Å². The Morgan fingerprint density at radius 1 is 1.17 bits per heavy atom. The molecule has 0 fully saturated rings. The van der Waals surface area contributed by atoms with Gasteiger partial charge in [0.15, 0.2) is 0 Å². The van der Waals surface area contributed by atoms with Gasteiger partial charge in [0.1, 0.15) is 11.6 Å². The van der Waals surface area contributed by atoms with Crippen LogP contribution in [0.5, 0.6) is 5.75 Å². The van der Waals surface area contributed by atoms with E-state index in [4.69, 9.17) is 16.3 Å². The number of benzene rings is 2. The molecule has 0 aliphatic rings. The van der Waals surface area contributed by atoms with Gasteiger partial charge in [0.25, 0.3) is 10.0 Å². The van der Waals surface area contributed by atoms with Crippen molar-refractivity contribution in [2.75, 3.05) is 17.1 Å². The van der Waals surface area contributed by atoms with Gasteiger partial charge in [-0.2, -0.15) is 0 Å². The molecular formula is C15H14ClFN2O4S. The fourth-order valence-electron chi connectivity index (χ4n) is 1.92. The molecule has 2 aromatic rings. The highest BCUT2D eigenvalue weighted by Crippen LogP contribution is 2.29. The molecule has 0 radical (unpaired) electrons. The van der Waals surface area contributed by atoms with E-state index in [1.54, 1.807) is 0 Å². The quantitative estimate of drug-likeness (QED) is 0.843. The number of carbonyl (C=O) groups is 1. The molecular weight excluding hydrogens is 359 g/mol. The summed E-state index contributed by atoms with van der Waals surface area (Å²) < 4.78 is 45.8. The van der Waals surface area contributed by atoms with Crippen LogP contribution in [-0.2, 0) is 14.8 Å². The Kier molecular flexibility index (Phi) is 5.30. The Bertz CT molecular complexity index is 887. The van der Waals surface area contributed by atoms with Gasteiger partial charge in [0.2, 0.25) is 5.91 Å². The molecule has 0 aromatic heterocycles. The van der Waals surface area contributed by atoms with Gasteiger partial charge in [-0.05, 0) is 36.4 Å². The molecule has 6 nitrogen and oxygen atoms in total. The van der Waals surface area contributed by atoms with Gasteiger partial charge in [-0.3, -0.25) is 9.52 Å². The molecule has 0 saturated heterocycles. The lowest BCUT2D eigenvalue weighted by atomic mass is 10.3. The van der Waals surface area contributed by atoms with Crippen molar-refractivity contribution in [2.24, 2.45) is 0 Å². The Morgan fingerprint density at radius 2 is 1.88 bits per heavy atom. The highest BCUT2D eigenvalue weighted by molar-refractivity contribution is 7.92. The SMILES string of the molecule is COc1ccc(S(=O)(=O)Nc2ccc(Cl)cc2F)cc1NC(C)=O. The number of methoxy groups -OCH3 is 1. The lowest BCUT2D eigenvalue weighted by Gasteiger charge is -2.13. The fourth-order valence-corrected chi connectivity index (χ4v) is 3.17. The standard InChI is InChI=1S/C15H14ClFN2O4S/c1-9(20)18-14-8-11(4-6-15(14)23-2)24(21,22)19-13-5-3-10(16)7-12(13)17/h3-8,19H,1-2H3,(H,18,20). The lowest BCUT2D eigenvalue weighted by molar-refractivity contribution is -0.114. The Morgan fingerprint density at radius 3 is 2.46 bits per heavy atom. The highest BCUT2D eigenvalue weighted by atomic mass is 35.5. The lowest BCUT2D eigenvalue weighted by Crippen LogP contribution is -2.15. The molecule has 2 aromatic carbocycles. The number of anilines is 2. The number of nitrogens with one attached hydrogen (secondary N) is 2. The minimum absolute atomic E-state index is 0.146. The summed E-state index contributed by atoms with van der Waals surface area (Å²) in [5.74, 6) is -0.900. The van der Waals surface area contributed by atoms with E-state index < -0.39 is 15.8 Å². The first kappa shape index (κ1) is 18.0. The monoisotopic (exact) mass is 372 g/mol. The second-order valence-electron chi connectivity index (χ2n) is 4.77. The van der Waals surface area contributed by atoms with E-state index in [-0.39, 0.29) is 27.2 Å². The molecule has 2 rings (SSSR count). The van der Waals surface area contributed by atoms with Crippen LogP contribution in [0.1, 0.15) is 6.92 Å². The van der Waals surface area contributed by atoms with E-state index in [0.29, 0.717) is 5.75 Å². The van der Waals surface area contributed by atoms with Crippen molar-refractivity contribution >= 4 is 38.9 Å². The van der Waals surface area contributed by atoms with Crippen molar-refractivity contribution in [3.8, 4) is 5.75 Å². The first-order valence-electron chi connectivity index (χ1n) is 6.66. The normalized spacial score (nSPS) is 11.0. The Hall–Kier alpha value is -2.32. The maximum absolute atomic E-state index is 13.8. The third-order valence-corrected chi connectivity index (χ3v) is 4.57. The topological polar surface area (TPSA) is 84.5 Å². The summed E-state index contributed by atoms with van der Waals surface area (Å²) in [7, 11) is -2.69. The van der Waals surface area contributed by atoms with Crippen molar-refractivity contribution in [1.29, 1.82) is 0 Å². The molecule has 0 aliphatic heterocycles. The zero-order valence-corrected chi connectivity index (χ0v) is 14.3. The minimum Gasteiger partial charge on any atom is -0.495 e. The molecule has 0 unspecified atom stereocenters. The van der Waals surface area contributed by atoms with Crippen molar-refractivity contribution in [1.82, 2.24) is 0 Å². The van der Waals surface area contributed by atoms with E-state index in [0.717, 1.165) is 6.07 Å². The summed E-state index contributed by atoms with van der Waals surface area (Å²) in [5.41, 5.74) is -0.0549. The van der Waals surface area contributed by atoms with E-state index in [1.165, 1.54) is 44.4 Å². The maximum atomic E-state index is 13.8. The average molecular weight is 373 g/mol. The zero-order valence-electron chi connectivity index (χ0n) is 12.8. The van der Waals surface area contributed by atoms with Crippen LogP contribution in [0, 0.1) is 5.82 Å². The maximum Gasteiger partial charge on any atom is 0.262 e. The molecule has 0 bridgehead atoms. The van der Waals surface area contributed by atoms with Crippen LogP contribution in [0.15, 0.2) is 41.3 Å². The molecule has 9 heteroatoms. The third-order valence-electron chi connectivity index (χ3n) is 2.97. The van der Waals surface area contributed by atoms with E-state index in [1.807, 2.05) is 0 Å². The van der Waals surface area contributed by atoms with Crippen LogP contribution in [0.4, 0.5) is 15.8 Å². The van der Waals surface area contributed by atoms with Gasteiger partial charge in [0, 0.05) is 11.9 Å². The third kappa shape index (κ3) is 4.15.